The normalized spacial score (nSPS) is 16.8. The van der Waals surface area contributed by atoms with Gasteiger partial charge in [0.15, 0.2) is 0 Å². The topological polar surface area (TPSA) is 82.6 Å². The molecule has 8 heteroatoms. The van der Waals surface area contributed by atoms with E-state index < -0.39 is 0 Å². The standard InChI is InChI=1S/C21H24N4O4/c1-14-21(15(2)25(22-14)17-5-4-6-18(12-17)27-3)19-13-28-10-8-24(19)20(26)11-16-7-9-29-23-16/h4-7,9,12,19H,8,10-11,13H2,1-3H3/t19-/m1/s1. The second-order valence-electron chi connectivity index (χ2n) is 7.04. The van der Waals surface area contributed by atoms with Gasteiger partial charge in [-0.25, -0.2) is 4.68 Å². The molecule has 1 aliphatic heterocycles. The number of methoxy groups -OCH3 is 1. The molecule has 152 valence electrons. The molecule has 1 atom stereocenters. The molecule has 4 rings (SSSR count). The minimum Gasteiger partial charge on any atom is -0.497 e. The number of amides is 1. The third-order valence-electron chi connectivity index (χ3n) is 5.25. The molecule has 0 aliphatic carbocycles. The Labute approximate surface area is 169 Å². The minimum atomic E-state index is -0.192. The van der Waals surface area contributed by atoms with E-state index in [0.29, 0.717) is 25.5 Å². The van der Waals surface area contributed by atoms with Gasteiger partial charge in [0.05, 0.1) is 49.9 Å². The van der Waals surface area contributed by atoms with E-state index in [1.54, 1.807) is 13.2 Å². The van der Waals surface area contributed by atoms with Crippen molar-refractivity contribution in [3.05, 3.63) is 59.2 Å². The summed E-state index contributed by atoms with van der Waals surface area (Å²) < 4.78 is 17.8. The minimum absolute atomic E-state index is 0.000121. The summed E-state index contributed by atoms with van der Waals surface area (Å²) >= 11 is 0. The lowest BCUT2D eigenvalue weighted by molar-refractivity contribution is -0.139. The quantitative estimate of drug-likeness (QED) is 0.659. The van der Waals surface area contributed by atoms with E-state index in [1.165, 1.54) is 6.26 Å². The van der Waals surface area contributed by atoms with Gasteiger partial charge in [-0.05, 0) is 26.0 Å². The maximum Gasteiger partial charge on any atom is 0.229 e. The van der Waals surface area contributed by atoms with E-state index in [1.807, 2.05) is 47.7 Å². The zero-order chi connectivity index (χ0) is 20.4. The summed E-state index contributed by atoms with van der Waals surface area (Å²) in [6.07, 6.45) is 1.68. The van der Waals surface area contributed by atoms with E-state index in [2.05, 4.69) is 5.16 Å². The number of benzene rings is 1. The number of hydrogen-bond acceptors (Lipinski definition) is 6. The maximum absolute atomic E-state index is 13.0. The molecular weight excluding hydrogens is 372 g/mol. The summed E-state index contributed by atoms with van der Waals surface area (Å²) in [4.78, 5) is 14.8. The highest BCUT2D eigenvalue weighted by Gasteiger charge is 2.33. The Balaban J connectivity index is 1.66. The summed E-state index contributed by atoms with van der Waals surface area (Å²) in [5.74, 6) is 0.766. The Hall–Kier alpha value is -3.13. The van der Waals surface area contributed by atoms with Crippen molar-refractivity contribution in [3.8, 4) is 11.4 Å². The van der Waals surface area contributed by atoms with Gasteiger partial charge >= 0.3 is 0 Å². The lowest BCUT2D eigenvalue weighted by Crippen LogP contribution is -2.44. The van der Waals surface area contributed by atoms with Crippen LogP contribution >= 0.6 is 0 Å². The molecule has 0 spiro atoms. The number of ether oxygens (including phenoxy) is 2. The van der Waals surface area contributed by atoms with Crippen LogP contribution in [0.25, 0.3) is 5.69 Å². The highest BCUT2D eigenvalue weighted by molar-refractivity contribution is 5.79. The van der Waals surface area contributed by atoms with Gasteiger partial charge in [0.2, 0.25) is 5.91 Å². The van der Waals surface area contributed by atoms with Gasteiger partial charge in [-0.2, -0.15) is 5.10 Å². The van der Waals surface area contributed by atoms with Gasteiger partial charge in [-0.1, -0.05) is 11.2 Å². The summed E-state index contributed by atoms with van der Waals surface area (Å²) in [5.41, 5.74) is 4.40. The molecule has 29 heavy (non-hydrogen) atoms. The largest absolute Gasteiger partial charge is 0.497 e. The molecule has 0 bridgehead atoms. The average Bonchev–Trinajstić information content (AvgIpc) is 3.35. The fraction of sp³-hybridized carbons (Fsp3) is 0.381. The molecule has 1 aromatic carbocycles. The monoisotopic (exact) mass is 396 g/mol. The Morgan fingerprint density at radius 1 is 1.31 bits per heavy atom. The van der Waals surface area contributed by atoms with Gasteiger partial charge in [0.1, 0.15) is 12.0 Å². The lowest BCUT2D eigenvalue weighted by Gasteiger charge is -2.36. The first-order valence-corrected chi connectivity index (χ1v) is 9.55. The number of aromatic nitrogens is 3. The van der Waals surface area contributed by atoms with Gasteiger partial charge < -0.3 is 18.9 Å². The fourth-order valence-corrected chi connectivity index (χ4v) is 3.86. The Bertz CT molecular complexity index is 996. The third-order valence-corrected chi connectivity index (χ3v) is 5.25. The predicted octanol–water partition coefficient (Wildman–Crippen LogP) is 2.63. The summed E-state index contributed by atoms with van der Waals surface area (Å²) in [5, 5.41) is 8.60. The van der Waals surface area contributed by atoms with E-state index >= 15 is 0 Å². The maximum atomic E-state index is 13.0. The second kappa shape index (κ2) is 8.08. The molecule has 0 unspecified atom stereocenters. The van der Waals surface area contributed by atoms with Crippen LogP contribution in [0.4, 0.5) is 0 Å². The van der Waals surface area contributed by atoms with Crippen LogP contribution in [0.3, 0.4) is 0 Å². The molecule has 0 N–H and O–H groups in total. The van der Waals surface area contributed by atoms with Crippen molar-refractivity contribution in [2.45, 2.75) is 26.3 Å². The van der Waals surface area contributed by atoms with Crippen molar-refractivity contribution in [2.24, 2.45) is 0 Å². The van der Waals surface area contributed by atoms with Crippen LogP contribution in [0, 0.1) is 13.8 Å². The van der Waals surface area contributed by atoms with E-state index in [-0.39, 0.29) is 18.4 Å². The summed E-state index contributed by atoms with van der Waals surface area (Å²) in [6.45, 7) is 5.47. The molecule has 1 amide bonds. The van der Waals surface area contributed by atoms with Crippen LogP contribution in [0.15, 0.2) is 41.1 Å². The average molecular weight is 396 g/mol. The zero-order valence-electron chi connectivity index (χ0n) is 16.8. The second-order valence-corrected chi connectivity index (χ2v) is 7.04. The molecule has 3 aromatic rings. The van der Waals surface area contributed by atoms with Crippen molar-refractivity contribution < 1.29 is 18.8 Å². The van der Waals surface area contributed by atoms with Crippen LogP contribution in [0.2, 0.25) is 0 Å². The Morgan fingerprint density at radius 3 is 2.93 bits per heavy atom. The lowest BCUT2D eigenvalue weighted by atomic mass is 10.0. The van der Waals surface area contributed by atoms with Gasteiger partial charge in [0.25, 0.3) is 0 Å². The van der Waals surface area contributed by atoms with E-state index in [9.17, 15) is 4.79 Å². The van der Waals surface area contributed by atoms with Crippen molar-refractivity contribution in [3.63, 3.8) is 0 Å². The Morgan fingerprint density at radius 2 is 2.17 bits per heavy atom. The highest BCUT2D eigenvalue weighted by Crippen LogP contribution is 2.31. The molecule has 2 aromatic heterocycles. The van der Waals surface area contributed by atoms with Crippen LogP contribution in [0.5, 0.6) is 5.75 Å². The first-order chi connectivity index (χ1) is 14.1. The SMILES string of the molecule is COc1cccc(-n2nc(C)c([C@H]3COCCN3C(=O)Cc3ccon3)c2C)c1. The van der Waals surface area contributed by atoms with Gasteiger partial charge in [0, 0.05) is 29.9 Å². The first kappa shape index (κ1) is 19.2. The molecule has 0 saturated carbocycles. The molecule has 0 radical (unpaired) electrons. The fourth-order valence-electron chi connectivity index (χ4n) is 3.86. The van der Waals surface area contributed by atoms with Crippen molar-refractivity contribution >= 4 is 5.91 Å². The van der Waals surface area contributed by atoms with Crippen LogP contribution in [0.1, 0.15) is 28.7 Å². The molecule has 1 aliphatic rings. The number of morpholine rings is 1. The summed E-state index contributed by atoms with van der Waals surface area (Å²) in [6, 6.07) is 9.27. The summed E-state index contributed by atoms with van der Waals surface area (Å²) in [7, 11) is 1.64. The number of carbonyl (C=O) groups is 1. The molecule has 8 nitrogen and oxygen atoms in total. The van der Waals surface area contributed by atoms with Crippen LogP contribution in [-0.2, 0) is 16.0 Å². The first-order valence-electron chi connectivity index (χ1n) is 9.55. The number of aryl methyl sites for hydroxylation is 1. The van der Waals surface area contributed by atoms with Crippen molar-refractivity contribution in [2.75, 3.05) is 26.9 Å². The van der Waals surface area contributed by atoms with Crippen LogP contribution < -0.4 is 4.74 Å². The van der Waals surface area contributed by atoms with Gasteiger partial charge in [-0.15, -0.1) is 0 Å². The molecular formula is C21H24N4O4. The number of nitrogens with zero attached hydrogens (tertiary/aromatic N) is 4. The van der Waals surface area contributed by atoms with Crippen molar-refractivity contribution in [1.29, 1.82) is 0 Å². The third kappa shape index (κ3) is 3.75. The number of rotatable bonds is 5. The van der Waals surface area contributed by atoms with Crippen LogP contribution in [-0.4, -0.2) is 52.6 Å². The predicted molar refractivity (Wildman–Crippen MR) is 105 cm³/mol. The smallest absolute Gasteiger partial charge is 0.229 e. The Kier molecular flexibility index (Phi) is 5.35. The molecule has 1 saturated heterocycles. The van der Waals surface area contributed by atoms with Crippen molar-refractivity contribution in [1.82, 2.24) is 19.8 Å². The molecule has 3 heterocycles. The van der Waals surface area contributed by atoms with E-state index in [0.717, 1.165) is 28.4 Å². The van der Waals surface area contributed by atoms with Gasteiger partial charge in [-0.3, -0.25) is 4.79 Å². The van der Waals surface area contributed by atoms with E-state index in [4.69, 9.17) is 19.1 Å². The highest BCUT2D eigenvalue weighted by atomic mass is 16.5. The molecule has 1 fully saturated rings. The zero-order valence-corrected chi connectivity index (χ0v) is 16.8. The number of carbonyl (C=O) groups excluding carboxylic acids is 1. The number of hydrogen-bond donors (Lipinski definition) is 0.